The maximum atomic E-state index is 11.3. The van der Waals surface area contributed by atoms with Gasteiger partial charge in [-0.2, -0.15) is 10.2 Å². The van der Waals surface area contributed by atoms with E-state index in [2.05, 4.69) is 53.1 Å². The van der Waals surface area contributed by atoms with Crippen LogP contribution in [-0.4, -0.2) is 43.3 Å². The molecule has 7 rings (SSSR count). The zero-order valence-electron chi connectivity index (χ0n) is 19.4. The van der Waals surface area contributed by atoms with E-state index >= 15 is 0 Å². The van der Waals surface area contributed by atoms with Gasteiger partial charge >= 0.3 is 0 Å². The number of pyridine rings is 1. The van der Waals surface area contributed by atoms with Crippen molar-refractivity contribution in [2.24, 2.45) is 5.92 Å². The molecule has 32 heavy (non-hydrogen) atoms. The SMILES string of the molecule is CC(=O)c1cnn(Cc2ccc(N3CC4CC3C4)nc2C)c1.Cc1[nH]nc2c1CCC2C. The van der Waals surface area contributed by atoms with Crippen molar-refractivity contribution in [3.8, 4) is 0 Å². The minimum Gasteiger partial charge on any atom is -0.353 e. The van der Waals surface area contributed by atoms with Crippen LogP contribution in [0.15, 0.2) is 24.5 Å². The van der Waals surface area contributed by atoms with Crippen LogP contribution >= 0.6 is 0 Å². The number of carbonyl (C=O) groups is 1. The average Bonchev–Trinajstić information content (AvgIpc) is 3.53. The van der Waals surface area contributed by atoms with Crippen molar-refractivity contribution in [1.82, 2.24) is 25.0 Å². The number of hydrogen-bond acceptors (Lipinski definition) is 5. The molecule has 1 unspecified atom stereocenters. The van der Waals surface area contributed by atoms with Gasteiger partial charge in [-0.15, -0.1) is 0 Å². The summed E-state index contributed by atoms with van der Waals surface area (Å²) >= 11 is 0. The summed E-state index contributed by atoms with van der Waals surface area (Å²) in [6.07, 6.45) is 8.60. The molecule has 2 bridgehead atoms. The molecule has 0 aromatic carbocycles. The largest absolute Gasteiger partial charge is 0.353 e. The van der Waals surface area contributed by atoms with Crippen LogP contribution in [0, 0.1) is 19.8 Å². The van der Waals surface area contributed by atoms with Crippen LogP contribution < -0.4 is 4.90 Å². The highest BCUT2D eigenvalue weighted by molar-refractivity contribution is 5.93. The minimum absolute atomic E-state index is 0.0458. The fraction of sp³-hybridized carbons (Fsp3) is 0.520. The molecule has 3 aromatic rings. The first kappa shape index (κ1) is 20.9. The van der Waals surface area contributed by atoms with Gasteiger partial charge < -0.3 is 4.90 Å². The molecular formula is C25H32N6O. The van der Waals surface area contributed by atoms with Crippen molar-refractivity contribution in [3.63, 3.8) is 0 Å². The molecule has 168 valence electrons. The standard InChI is InChI=1S/C17H20N4O.C8H12N2/c1-11-14(9-20-10-15(7-18-20)12(2)22)3-4-17(19-11)21-8-13-5-16(21)6-13;1-5-3-4-7-6(2)9-10-8(5)7/h3-4,7,10,13,16H,5-6,8-9H2,1-2H3;5H,3-4H2,1-2H3,(H,9,10). The fourth-order valence-corrected chi connectivity index (χ4v) is 5.21. The Hall–Kier alpha value is -2.96. The Morgan fingerprint density at radius 2 is 2.06 bits per heavy atom. The molecule has 1 atom stereocenters. The normalized spacial score (nSPS) is 22.9. The summed E-state index contributed by atoms with van der Waals surface area (Å²) < 4.78 is 1.80. The molecule has 2 aliphatic heterocycles. The van der Waals surface area contributed by atoms with E-state index in [0.717, 1.165) is 29.5 Å². The van der Waals surface area contributed by atoms with Gasteiger partial charge in [0.1, 0.15) is 5.82 Å². The third-order valence-electron chi connectivity index (χ3n) is 7.35. The number of anilines is 1. The number of H-pyrrole nitrogens is 1. The zero-order chi connectivity index (χ0) is 22.4. The monoisotopic (exact) mass is 432 g/mol. The maximum Gasteiger partial charge on any atom is 0.162 e. The third kappa shape index (κ3) is 3.85. The van der Waals surface area contributed by atoms with Crippen LogP contribution in [0.25, 0.3) is 0 Å². The molecule has 0 radical (unpaired) electrons. The quantitative estimate of drug-likeness (QED) is 0.625. The van der Waals surface area contributed by atoms with Crippen LogP contribution in [0.2, 0.25) is 0 Å². The Morgan fingerprint density at radius 1 is 1.25 bits per heavy atom. The Bertz CT molecular complexity index is 1140. The lowest BCUT2D eigenvalue weighted by atomic mass is 9.86. The molecule has 2 aliphatic carbocycles. The van der Waals surface area contributed by atoms with Crippen LogP contribution in [0.3, 0.4) is 0 Å². The number of nitrogens with zero attached hydrogens (tertiary/aromatic N) is 5. The topological polar surface area (TPSA) is 79.7 Å². The Kier molecular flexibility index (Phi) is 5.35. The molecule has 5 heterocycles. The number of aromatic amines is 1. The first-order chi connectivity index (χ1) is 15.4. The van der Waals surface area contributed by atoms with Crippen molar-refractivity contribution < 1.29 is 4.79 Å². The second-order valence-corrected chi connectivity index (χ2v) is 9.69. The Balaban J connectivity index is 0.000000180. The summed E-state index contributed by atoms with van der Waals surface area (Å²) in [7, 11) is 0. The number of rotatable bonds is 4. The lowest BCUT2D eigenvalue weighted by molar-refractivity contribution is 0.101. The molecule has 3 fully saturated rings. The van der Waals surface area contributed by atoms with E-state index in [0.29, 0.717) is 24.1 Å². The van der Waals surface area contributed by atoms with E-state index in [1.165, 1.54) is 42.6 Å². The summed E-state index contributed by atoms with van der Waals surface area (Å²) in [6.45, 7) is 9.77. The second-order valence-electron chi connectivity index (χ2n) is 9.69. The van der Waals surface area contributed by atoms with Gasteiger partial charge in [0.15, 0.2) is 5.78 Å². The van der Waals surface area contributed by atoms with E-state index in [1.54, 1.807) is 24.0 Å². The van der Waals surface area contributed by atoms with Crippen molar-refractivity contribution in [3.05, 3.63) is 58.3 Å². The first-order valence-electron chi connectivity index (χ1n) is 11.7. The molecular weight excluding hydrogens is 400 g/mol. The summed E-state index contributed by atoms with van der Waals surface area (Å²) in [5, 5.41) is 11.5. The molecule has 2 saturated heterocycles. The number of aromatic nitrogens is 5. The zero-order valence-corrected chi connectivity index (χ0v) is 19.4. The number of fused-ring (bicyclic) bond motifs is 2. The lowest BCUT2D eigenvalue weighted by Crippen LogP contribution is -2.29. The third-order valence-corrected chi connectivity index (χ3v) is 7.35. The maximum absolute atomic E-state index is 11.3. The van der Waals surface area contributed by atoms with Gasteiger partial charge in [-0.25, -0.2) is 4.98 Å². The minimum atomic E-state index is 0.0458. The summed E-state index contributed by atoms with van der Waals surface area (Å²) in [4.78, 5) is 18.6. The predicted molar refractivity (Wildman–Crippen MR) is 124 cm³/mol. The Labute approximate surface area is 189 Å². The molecule has 0 amide bonds. The lowest BCUT2D eigenvalue weighted by Gasteiger charge is -2.26. The van der Waals surface area contributed by atoms with Gasteiger partial charge in [-0.1, -0.05) is 13.0 Å². The number of Topliss-reactive ketones (excluding diaryl/α,β-unsaturated/α-hetero) is 1. The molecule has 0 spiro atoms. The Morgan fingerprint density at radius 3 is 2.69 bits per heavy atom. The molecule has 7 nitrogen and oxygen atoms in total. The second kappa shape index (κ2) is 8.19. The average molecular weight is 433 g/mol. The van der Waals surface area contributed by atoms with Gasteiger partial charge in [0.2, 0.25) is 0 Å². The predicted octanol–water partition coefficient (Wildman–Crippen LogP) is 4.20. The smallest absolute Gasteiger partial charge is 0.162 e. The van der Waals surface area contributed by atoms with Gasteiger partial charge in [0, 0.05) is 36.1 Å². The molecule has 3 aromatic heterocycles. The van der Waals surface area contributed by atoms with Crippen LogP contribution in [0.1, 0.15) is 77.6 Å². The van der Waals surface area contributed by atoms with E-state index in [1.807, 2.05) is 0 Å². The molecule has 1 saturated carbocycles. The highest BCUT2D eigenvalue weighted by Gasteiger charge is 2.43. The first-order valence-corrected chi connectivity index (χ1v) is 11.7. The summed E-state index contributed by atoms with van der Waals surface area (Å²) in [6, 6.07) is 4.98. The number of nitrogens with one attached hydrogen (secondary N) is 1. The van der Waals surface area contributed by atoms with Gasteiger partial charge in [-0.3, -0.25) is 14.6 Å². The van der Waals surface area contributed by atoms with Crippen LogP contribution in [-0.2, 0) is 13.0 Å². The highest BCUT2D eigenvalue weighted by atomic mass is 16.1. The van der Waals surface area contributed by atoms with Crippen LogP contribution in [0.4, 0.5) is 5.82 Å². The van der Waals surface area contributed by atoms with Gasteiger partial charge in [0.25, 0.3) is 0 Å². The highest BCUT2D eigenvalue weighted by Crippen LogP contribution is 2.42. The van der Waals surface area contributed by atoms with Crippen molar-refractivity contribution >= 4 is 11.6 Å². The molecule has 1 N–H and O–H groups in total. The van der Waals surface area contributed by atoms with Crippen LogP contribution in [0.5, 0.6) is 0 Å². The summed E-state index contributed by atoms with van der Waals surface area (Å²) in [5.74, 6) is 2.72. The van der Waals surface area contributed by atoms with E-state index in [4.69, 9.17) is 4.98 Å². The number of aryl methyl sites for hydroxylation is 2. The van der Waals surface area contributed by atoms with Gasteiger partial charge in [0.05, 0.1) is 24.0 Å². The fourth-order valence-electron chi connectivity index (χ4n) is 5.21. The van der Waals surface area contributed by atoms with E-state index in [9.17, 15) is 4.79 Å². The van der Waals surface area contributed by atoms with Crippen molar-refractivity contribution in [2.45, 2.75) is 71.9 Å². The number of carbonyl (C=O) groups excluding carboxylic acids is 1. The number of ketones is 1. The van der Waals surface area contributed by atoms with E-state index < -0.39 is 0 Å². The summed E-state index contributed by atoms with van der Waals surface area (Å²) in [5.41, 5.74) is 6.87. The number of hydrogen-bond donors (Lipinski definition) is 1. The van der Waals surface area contributed by atoms with Crippen molar-refractivity contribution in [1.29, 1.82) is 0 Å². The van der Waals surface area contributed by atoms with Gasteiger partial charge in [-0.05, 0) is 69.6 Å². The molecule has 4 aliphatic rings. The molecule has 7 heteroatoms. The van der Waals surface area contributed by atoms with E-state index in [-0.39, 0.29) is 5.78 Å². The van der Waals surface area contributed by atoms with Crippen molar-refractivity contribution in [2.75, 3.05) is 11.4 Å².